The molecule has 0 aliphatic heterocycles. The molecule has 0 bridgehead atoms. The van der Waals surface area contributed by atoms with Crippen LogP contribution in [0.15, 0.2) is 18.2 Å². The maximum atomic E-state index is 13.4. The quantitative estimate of drug-likeness (QED) is 0.850. The zero-order valence-corrected chi connectivity index (χ0v) is 8.12. The summed E-state index contributed by atoms with van der Waals surface area (Å²) in [5.41, 5.74) is -0.557. The molecule has 1 N–H and O–H groups in total. The van der Waals surface area contributed by atoms with Gasteiger partial charge >= 0.3 is 5.97 Å². The van der Waals surface area contributed by atoms with Crippen LogP contribution in [-0.2, 0) is 11.3 Å². The van der Waals surface area contributed by atoms with E-state index >= 15 is 0 Å². The average Bonchev–Trinajstić information content (AvgIpc) is 2.19. The lowest BCUT2D eigenvalue weighted by Crippen LogP contribution is -2.08. The number of halogens is 3. The molecule has 1 rings (SSSR count). The van der Waals surface area contributed by atoms with Gasteiger partial charge in [-0.25, -0.2) is 18.0 Å². The van der Waals surface area contributed by atoms with Crippen molar-refractivity contribution in [3.8, 4) is 0 Å². The van der Waals surface area contributed by atoms with Crippen LogP contribution >= 0.6 is 0 Å². The van der Waals surface area contributed by atoms with E-state index in [2.05, 4.69) is 4.74 Å². The first-order valence-corrected chi connectivity index (χ1v) is 4.39. The van der Waals surface area contributed by atoms with Crippen molar-refractivity contribution in [2.45, 2.75) is 13.0 Å². The normalized spacial score (nSPS) is 10.8. The number of hydrogen-bond donors (Lipinski definition) is 1. The minimum Gasteiger partial charge on any atom is -0.478 e. The Balaban J connectivity index is 2.73. The zero-order chi connectivity index (χ0) is 12.1. The smallest absolute Gasteiger partial charge is 0.338 e. The van der Waals surface area contributed by atoms with Crippen LogP contribution in [0.4, 0.5) is 13.2 Å². The summed E-state index contributed by atoms with van der Waals surface area (Å²) in [6.45, 7) is -1.19. The summed E-state index contributed by atoms with van der Waals surface area (Å²) in [6.07, 6.45) is -2.63. The summed E-state index contributed by atoms with van der Waals surface area (Å²) < 4.78 is 41.4. The number of benzene rings is 1. The first kappa shape index (κ1) is 12.5. The maximum Gasteiger partial charge on any atom is 0.338 e. The molecule has 0 spiro atoms. The van der Waals surface area contributed by atoms with Crippen molar-refractivity contribution >= 4 is 5.97 Å². The number of carbonyl (C=O) groups is 1. The highest BCUT2D eigenvalue weighted by Gasteiger charge is 2.14. The third-order valence-electron chi connectivity index (χ3n) is 1.81. The number of aromatic carboxylic acids is 1. The van der Waals surface area contributed by atoms with Gasteiger partial charge in [-0.3, -0.25) is 0 Å². The van der Waals surface area contributed by atoms with Gasteiger partial charge in [0.2, 0.25) is 0 Å². The van der Waals surface area contributed by atoms with Crippen molar-refractivity contribution in [1.82, 2.24) is 0 Å². The van der Waals surface area contributed by atoms with Crippen molar-refractivity contribution in [3.05, 3.63) is 35.1 Å². The van der Waals surface area contributed by atoms with Gasteiger partial charge in [0.1, 0.15) is 12.4 Å². The molecule has 16 heavy (non-hydrogen) atoms. The second-order valence-electron chi connectivity index (χ2n) is 2.99. The van der Waals surface area contributed by atoms with Crippen LogP contribution in [0.2, 0.25) is 0 Å². The lowest BCUT2D eigenvalue weighted by atomic mass is 10.1. The van der Waals surface area contributed by atoms with Crippen LogP contribution in [-0.4, -0.2) is 24.1 Å². The molecule has 0 heterocycles. The highest BCUT2D eigenvalue weighted by Crippen LogP contribution is 2.14. The molecule has 1 aromatic rings. The monoisotopic (exact) mass is 234 g/mol. The summed E-state index contributed by atoms with van der Waals surface area (Å²) in [5.74, 6) is -2.36. The molecule has 3 nitrogen and oxygen atoms in total. The van der Waals surface area contributed by atoms with E-state index in [0.717, 1.165) is 6.07 Å². The predicted octanol–water partition coefficient (Wildman–Crippen LogP) is 2.31. The number of carboxylic acid groups (broad SMARTS) is 1. The van der Waals surface area contributed by atoms with E-state index in [1.807, 2.05) is 0 Å². The van der Waals surface area contributed by atoms with Crippen LogP contribution in [0.1, 0.15) is 15.9 Å². The van der Waals surface area contributed by atoms with Crippen LogP contribution in [0, 0.1) is 5.82 Å². The van der Waals surface area contributed by atoms with Crippen LogP contribution < -0.4 is 0 Å². The molecule has 0 aliphatic rings. The summed E-state index contributed by atoms with van der Waals surface area (Å²) >= 11 is 0. The first-order valence-electron chi connectivity index (χ1n) is 4.39. The molecule has 0 aromatic heterocycles. The lowest BCUT2D eigenvalue weighted by Gasteiger charge is -2.06. The van der Waals surface area contributed by atoms with Crippen LogP contribution in [0.25, 0.3) is 0 Å². The Morgan fingerprint density at radius 3 is 2.69 bits per heavy atom. The van der Waals surface area contributed by atoms with Crippen molar-refractivity contribution in [3.63, 3.8) is 0 Å². The fourth-order valence-electron chi connectivity index (χ4n) is 1.11. The summed E-state index contributed by atoms with van der Waals surface area (Å²) in [7, 11) is 0. The molecule has 0 aliphatic carbocycles. The molecule has 0 atom stereocenters. The molecule has 88 valence electrons. The molecule has 0 fully saturated rings. The molecule has 1 aromatic carbocycles. The molecular weight excluding hydrogens is 225 g/mol. The molecular formula is C10H9F3O3. The van der Waals surface area contributed by atoms with Crippen molar-refractivity contribution < 1.29 is 27.8 Å². The second-order valence-corrected chi connectivity index (χ2v) is 2.99. The van der Waals surface area contributed by atoms with E-state index in [-0.39, 0.29) is 12.2 Å². The summed E-state index contributed by atoms with van der Waals surface area (Å²) in [5, 5.41) is 8.60. The number of alkyl halides is 2. The Morgan fingerprint density at radius 2 is 2.12 bits per heavy atom. The van der Waals surface area contributed by atoms with E-state index in [1.54, 1.807) is 0 Å². The van der Waals surface area contributed by atoms with Crippen LogP contribution in [0.5, 0.6) is 0 Å². The Labute approximate surface area is 89.5 Å². The van der Waals surface area contributed by atoms with Gasteiger partial charge in [0.25, 0.3) is 6.43 Å². The third kappa shape index (κ3) is 3.23. The summed E-state index contributed by atoms with van der Waals surface area (Å²) in [6, 6.07) is 3.70. The van der Waals surface area contributed by atoms with E-state index < -0.39 is 30.4 Å². The van der Waals surface area contributed by atoms with Gasteiger partial charge in [-0.1, -0.05) is 12.1 Å². The molecule has 0 radical (unpaired) electrons. The minimum atomic E-state index is -2.63. The van der Waals surface area contributed by atoms with Gasteiger partial charge in [-0.2, -0.15) is 0 Å². The Hall–Kier alpha value is -1.56. The Morgan fingerprint density at radius 1 is 1.44 bits per heavy atom. The van der Waals surface area contributed by atoms with Crippen LogP contribution in [0.3, 0.4) is 0 Å². The Bertz CT molecular complexity index is 380. The minimum absolute atomic E-state index is 0.0550. The number of ether oxygens (including phenoxy) is 1. The summed E-state index contributed by atoms with van der Waals surface area (Å²) in [4.78, 5) is 10.6. The SMILES string of the molecule is O=C(O)c1cccc(COCC(F)F)c1F. The van der Waals surface area contributed by atoms with Crippen molar-refractivity contribution in [2.75, 3.05) is 6.61 Å². The van der Waals surface area contributed by atoms with Gasteiger partial charge in [0.05, 0.1) is 12.2 Å². The van der Waals surface area contributed by atoms with Gasteiger partial charge in [0.15, 0.2) is 0 Å². The standard InChI is InChI=1S/C10H9F3O3/c11-8(12)5-16-4-6-2-1-3-7(9(6)13)10(14)15/h1-3,8H,4-5H2,(H,14,15). The molecule has 6 heteroatoms. The predicted molar refractivity (Wildman–Crippen MR) is 49.0 cm³/mol. The first-order chi connectivity index (χ1) is 7.52. The number of rotatable bonds is 5. The van der Waals surface area contributed by atoms with Gasteiger partial charge in [-0.15, -0.1) is 0 Å². The fourth-order valence-corrected chi connectivity index (χ4v) is 1.11. The van der Waals surface area contributed by atoms with E-state index in [1.165, 1.54) is 12.1 Å². The molecule has 0 amide bonds. The van der Waals surface area contributed by atoms with Gasteiger partial charge in [-0.05, 0) is 6.07 Å². The van der Waals surface area contributed by atoms with E-state index in [9.17, 15) is 18.0 Å². The van der Waals surface area contributed by atoms with Crippen molar-refractivity contribution in [2.24, 2.45) is 0 Å². The topological polar surface area (TPSA) is 46.5 Å². The second kappa shape index (κ2) is 5.50. The average molecular weight is 234 g/mol. The number of hydrogen-bond acceptors (Lipinski definition) is 2. The Kier molecular flexibility index (Phi) is 4.30. The highest BCUT2D eigenvalue weighted by atomic mass is 19.3. The maximum absolute atomic E-state index is 13.4. The van der Waals surface area contributed by atoms with E-state index in [0.29, 0.717) is 0 Å². The van der Waals surface area contributed by atoms with Gasteiger partial charge < -0.3 is 9.84 Å². The fraction of sp³-hybridized carbons (Fsp3) is 0.300. The third-order valence-corrected chi connectivity index (χ3v) is 1.81. The largest absolute Gasteiger partial charge is 0.478 e. The van der Waals surface area contributed by atoms with E-state index in [4.69, 9.17) is 5.11 Å². The molecule has 0 unspecified atom stereocenters. The molecule has 0 saturated heterocycles. The zero-order valence-electron chi connectivity index (χ0n) is 8.12. The van der Waals surface area contributed by atoms with Crippen molar-refractivity contribution in [1.29, 1.82) is 0 Å². The molecule has 0 saturated carbocycles. The number of carboxylic acids is 1. The van der Waals surface area contributed by atoms with Gasteiger partial charge in [0, 0.05) is 5.56 Å². The lowest BCUT2D eigenvalue weighted by molar-refractivity contribution is 0.00893. The highest BCUT2D eigenvalue weighted by molar-refractivity contribution is 5.88.